The summed E-state index contributed by atoms with van der Waals surface area (Å²) in [6, 6.07) is 16.0. The van der Waals surface area contributed by atoms with Crippen LogP contribution in [0.5, 0.6) is 5.75 Å². The van der Waals surface area contributed by atoms with Crippen LogP contribution < -0.4 is 15.4 Å². The van der Waals surface area contributed by atoms with Gasteiger partial charge in [0.15, 0.2) is 5.96 Å². The number of nitrogens with one attached hydrogen (secondary N) is 3. The van der Waals surface area contributed by atoms with E-state index in [-0.39, 0.29) is 24.0 Å². The Kier molecular flexibility index (Phi) is 8.38. The van der Waals surface area contributed by atoms with E-state index >= 15 is 0 Å². The van der Waals surface area contributed by atoms with Gasteiger partial charge in [0.05, 0.1) is 24.7 Å². The average molecular weight is 479 g/mol. The fourth-order valence-electron chi connectivity index (χ4n) is 2.71. The molecule has 0 saturated carbocycles. The van der Waals surface area contributed by atoms with Gasteiger partial charge in [0.2, 0.25) is 0 Å². The molecule has 0 bridgehead atoms. The highest BCUT2D eigenvalue weighted by Crippen LogP contribution is 2.13. The molecule has 0 aliphatic carbocycles. The maximum absolute atomic E-state index is 5.26. The van der Waals surface area contributed by atoms with Gasteiger partial charge in [-0.05, 0) is 36.8 Å². The van der Waals surface area contributed by atoms with Gasteiger partial charge in [-0.2, -0.15) is 0 Å². The molecule has 0 unspecified atom stereocenters. The number of methoxy groups -OCH3 is 1. The number of fused-ring (bicyclic) bond motifs is 1. The number of para-hydroxylation sites is 2. The van der Waals surface area contributed by atoms with Gasteiger partial charge in [0.25, 0.3) is 0 Å². The zero-order valence-electron chi connectivity index (χ0n) is 15.7. The number of nitrogens with zero attached hydrogens (tertiary/aromatic N) is 2. The monoisotopic (exact) mass is 479 g/mol. The van der Waals surface area contributed by atoms with Crippen molar-refractivity contribution in [2.45, 2.75) is 19.9 Å². The molecule has 1 aromatic heterocycles. The number of imidazole rings is 1. The Bertz CT molecular complexity index is 844. The fourth-order valence-corrected chi connectivity index (χ4v) is 2.71. The second-order valence-electron chi connectivity index (χ2n) is 5.92. The summed E-state index contributed by atoms with van der Waals surface area (Å²) in [5.74, 6) is 2.62. The summed E-state index contributed by atoms with van der Waals surface area (Å²) >= 11 is 0. The number of ether oxygens (including phenoxy) is 1. The van der Waals surface area contributed by atoms with Crippen molar-refractivity contribution < 1.29 is 4.74 Å². The van der Waals surface area contributed by atoms with Crippen LogP contribution in [0.2, 0.25) is 0 Å². The van der Waals surface area contributed by atoms with Gasteiger partial charge in [-0.1, -0.05) is 24.3 Å². The quantitative estimate of drug-likeness (QED) is 0.276. The number of aromatic nitrogens is 2. The molecule has 1 heterocycles. The molecule has 6 nitrogen and oxygen atoms in total. The second-order valence-corrected chi connectivity index (χ2v) is 5.92. The molecule has 0 saturated heterocycles. The SMILES string of the molecule is CCNC(=NCc1cccc(OC)c1)NCCc1nc2ccccc2[nH]1.I. The first-order chi connectivity index (χ1) is 12.8. The zero-order valence-corrected chi connectivity index (χ0v) is 18.0. The third-order valence-electron chi connectivity index (χ3n) is 3.99. The van der Waals surface area contributed by atoms with Crippen LogP contribution in [0, 0.1) is 0 Å². The fraction of sp³-hybridized carbons (Fsp3) is 0.300. The molecule has 0 aliphatic rings. The van der Waals surface area contributed by atoms with E-state index in [2.05, 4.69) is 32.5 Å². The lowest BCUT2D eigenvalue weighted by Crippen LogP contribution is -2.38. The van der Waals surface area contributed by atoms with Gasteiger partial charge in [-0.3, -0.25) is 0 Å². The Labute approximate surface area is 176 Å². The highest BCUT2D eigenvalue weighted by molar-refractivity contribution is 14.0. The summed E-state index contributed by atoms with van der Waals surface area (Å²) in [5, 5.41) is 6.63. The van der Waals surface area contributed by atoms with Gasteiger partial charge < -0.3 is 20.4 Å². The Morgan fingerprint density at radius 1 is 1.15 bits per heavy atom. The topological polar surface area (TPSA) is 74.3 Å². The molecule has 3 N–H and O–H groups in total. The predicted octanol–water partition coefficient (Wildman–Crippen LogP) is 3.49. The van der Waals surface area contributed by atoms with E-state index in [1.165, 1.54) is 0 Å². The Hall–Kier alpha value is -2.29. The van der Waals surface area contributed by atoms with E-state index in [0.717, 1.165) is 53.6 Å². The van der Waals surface area contributed by atoms with Crippen LogP contribution in [0.3, 0.4) is 0 Å². The van der Waals surface area contributed by atoms with Crippen molar-refractivity contribution in [2.75, 3.05) is 20.2 Å². The number of hydrogen-bond acceptors (Lipinski definition) is 3. The van der Waals surface area contributed by atoms with E-state index in [9.17, 15) is 0 Å². The molecular weight excluding hydrogens is 453 g/mol. The highest BCUT2D eigenvalue weighted by Gasteiger charge is 2.03. The standard InChI is InChI=1S/C20H25N5O.HI/c1-3-21-20(23-14-15-7-6-8-16(13-15)26-2)22-12-11-19-24-17-9-4-5-10-18(17)25-19;/h4-10,13H,3,11-12,14H2,1-2H3,(H,24,25)(H2,21,22,23);1H. The molecule has 2 aromatic carbocycles. The van der Waals surface area contributed by atoms with Crippen LogP contribution in [0.15, 0.2) is 53.5 Å². The van der Waals surface area contributed by atoms with Crippen LogP contribution in [0.4, 0.5) is 0 Å². The van der Waals surface area contributed by atoms with Crippen LogP contribution in [0.1, 0.15) is 18.3 Å². The number of benzene rings is 2. The van der Waals surface area contributed by atoms with Crippen LogP contribution in [0.25, 0.3) is 11.0 Å². The van der Waals surface area contributed by atoms with E-state index in [4.69, 9.17) is 4.74 Å². The minimum absolute atomic E-state index is 0. The largest absolute Gasteiger partial charge is 0.497 e. The Morgan fingerprint density at radius 2 is 2.00 bits per heavy atom. The Balaban J connectivity index is 0.00000261. The van der Waals surface area contributed by atoms with Crippen molar-refractivity contribution in [3.05, 3.63) is 59.9 Å². The van der Waals surface area contributed by atoms with E-state index in [1.807, 2.05) is 48.5 Å². The smallest absolute Gasteiger partial charge is 0.191 e. The van der Waals surface area contributed by atoms with Crippen molar-refractivity contribution in [1.29, 1.82) is 0 Å². The molecule has 0 fully saturated rings. The van der Waals surface area contributed by atoms with E-state index in [0.29, 0.717) is 6.54 Å². The van der Waals surface area contributed by atoms with Gasteiger partial charge in [-0.25, -0.2) is 9.98 Å². The molecule has 0 aliphatic heterocycles. The number of aliphatic imine (C=N–C) groups is 1. The summed E-state index contributed by atoms with van der Waals surface area (Å²) < 4.78 is 5.26. The number of halogens is 1. The summed E-state index contributed by atoms with van der Waals surface area (Å²) in [6.45, 7) is 4.22. The first kappa shape index (κ1) is 21.0. The highest BCUT2D eigenvalue weighted by atomic mass is 127. The predicted molar refractivity (Wildman–Crippen MR) is 121 cm³/mol. The van der Waals surface area contributed by atoms with E-state index < -0.39 is 0 Å². The lowest BCUT2D eigenvalue weighted by molar-refractivity contribution is 0.414. The molecule has 3 rings (SSSR count). The minimum Gasteiger partial charge on any atom is -0.497 e. The summed E-state index contributed by atoms with van der Waals surface area (Å²) in [7, 11) is 1.67. The lowest BCUT2D eigenvalue weighted by atomic mass is 10.2. The molecule has 0 spiro atoms. The van der Waals surface area contributed by atoms with Crippen LogP contribution in [-0.4, -0.2) is 36.1 Å². The van der Waals surface area contributed by atoms with Crippen LogP contribution in [-0.2, 0) is 13.0 Å². The third kappa shape index (κ3) is 6.13. The number of hydrogen-bond donors (Lipinski definition) is 3. The average Bonchev–Trinajstić information content (AvgIpc) is 3.09. The van der Waals surface area contributed by atoms with Crippen LogP contribution >= 0.6 is 24.0 Å². The molecule has 0 atom stereocenters. The van der Waals surface area contributed by atoms with Gasteiger partial charge in [0, 0.05) is 19.5 Å². The van der Waals surface area contributed by atoms with E-state index in [1.54, 1.807) is 7.11 Å². The maximum atomic E-state index is 5.26. The van der Waals surface area contributed by atoms with Crippen molar-refractivity contribution in [3.8, 4) is 5.75 Å². The lowest BCUT2D eigenvalue weighted by Gasteiger charge is -2.11. The number of H-pyrrole nitrogens is 1. The van der Waals surface area contributed by atoms with Gasteiger partial charge in [-0.15, -0.1) is 24.0 Å². The number of guanidine groups is 1. The number of aromatic amines is 1. The normalized spacial score (nSPS) is 11.1. The van der Waals surface area contributed by atoms with Gasteiger partial charge in [0.1, 0.15) is 11.6 Å². The molecule has 27 heavy (non-hydrogen) atoms. The molecule has 7 heteroatoms. The first-order valence-electron chi connectivity index (χ1n) is 8.87. The third-order valence-corrected chi connectivity index (χ3v) is 3.99. The first-order valence-corrected chi connectivity index (χ1v) is 8.87. The maximum Gasteiger partial charge on any atom is 0.191 e. The summed E-state index contributed by atoms with van der Waals surface area (Å²) in [5.41, 5.74) is 3.18. The second kappa shape index (κ2) is 10.8. The summed E-state index contributed by atoms with van der Waals surface area (Å²) in [6.07, 6.45) is 0.804. The molecule has 3 aromatic rings. The Morgan fingerprint density at radius 3 is 2.78 bits per heavy atom. The van der Waals surface area contributed by atoms with Crippen molar-refractivity contribution in [1.82, 2.24) is 20.6 Å². The zero-order chi connectivity index (χ0) is 18.2. The van der Waals surface area contributed by atoms with Crippen molar-refractivity contribution in [2.24, 2.45) is 4.99 Å². The molecular formula is C20H26IN5O. The van der Waals surface area contributed by atoms with Crippen molar-refractivity contribution in [3.63, 3.8) is 0 Å². The molecule has 0 radical (unpaired) electrons. The minimum atomic E-state index is 0. The van der Waals surface area contributed by atoms with Gasteiger partial charge >= 0.3 is 0 Å². The summed E-state index contributed by atoms with van der Waals surface area (Å²) in [4.78, 5) is 12.6. The molecule has 144 valence electrons. The number of rotatable bonds is 7. The molecule has 0 amide bonds. The van der Waals surface area contributed by atoms with Crippen molar-refractivity contribution >= 4 is 41.0 Å².